The van der Waals surface area contributed by atoms with Gasteiger partial charge in [-0.2, -0.15) is 0 Å². The highest BCUT2D eigenvalue weighted by molar-refractivity contribution is 9.10. The van der Waals surface area contributed by atoms with E-state index in [4.69, 9.17) is 4.74 Å². The van der Waals surface area contributed by atoms with E-state index >= 15 is 0 Å². The van der Waals surface area contributed by atoms with Crippen molar-refractivity contribution in [2.45, 2.75) is 46.3 Å². The van der Waals surface area contributed by atoms with Gasteiger partial charge in [0.2, 0.25) is 0 Å². The van der Waals surface area contributed by atoms with E-state index in [1.165, 1.54) is 0 Å². The number of carbonyl (C=O) groups is 1. The minimum Gasteiger partial charge on any atom is -0.444 e. The molecule has 1 amide bonds. The first kappa shape index (κ1) is 16.0. The number of nitrogens with zero attached hydrogens (tertiary/aromatic N) is 2. The van der Waals surface area contributed by atoms with Crippen LogP contribution in [0.25, 0.3) is 0 Å². The Morgan fingerprint density at radius 3 is 2.63 bits per heavy atom. The van der Waals surface area contributed by atoms with Gasteiger partial charge in [0.1, 0.15) is 10.2 Å². The van der Waals surface area contributed by atoms with E-state index in [9.17, 15) is 4.79 Å². The average Bonchev–Trinajstić information content (AvgIpc) is 2.27. The molecule has 1 unspecified atom stereocenters. The fourth-order valence-electron chi connectivity index (χ4n) is 1.74. The average molecular weight is 329 g/mol. The van der Waals surface area contributed by atoms with Crippen molar-refractivity contribution in [1.82, 2.24) is 9.88 Å². The van der Waals surface area contributed by atoms with Crippen LogP contribution in [0.15, 0.2) is 22.9 Å². The van der Waals surface area contributed by atoms with Gasteiger partial charge in [0.05, 0.1) is 6.04 Å². The van der Waals surface area contributed by atoms with E-state index in [1.807, 2.05) is 46.8 Å². The first-order chi connectivity index (χ1) is 8.74. The van der Waals surface area contributed by atoms with Crippen molar-refractivity contribution in [3.63, 3.8) is 0 Å². The third-order valence-electron chi connectivity index (χ3n) is 2.67. The molecule has 4 nitrogen and oxygen atoms in total. The number of ether oxygens (including phenoxy) is 1. The maximum Gasteiger partial charge on any atom is 0.410 e. The van der Waals surface area contributed by atoms with E-state index in [0.717, 1.165) is 10.2 Å². The molecular weight excluding hydrogens is 308 g/mol. The van der Waals surface area contributed by atoms with Gasteiger partial charge in [-0.3, -0.25) is 0 Å². The van der Waals surface area contributed by atoms with Crippen molar-refractivity contribution in [2.24, 2.45) is 0 Å². The maximum atomic E-state index is 12.2. The molecule has 0 aliphatic rings. The Kier molecular flexibility index (Phi) is 5.35. The summed E-state index contributed by atoms with van der Waals surface area (Å²) in [4.78, 5) is 18.0. The molecule has 0 aliphatic heterocycles. The van der Waals surface area contributed by atoms with Crippen LogP contribution in [-0.4, -0.2) is 28.1 Å². The van der Waals surface area contributed by atoms with Gasteiger partial charge in [0.15, 0.2) is 0 Å². The monoisotopic (exact) mass is 328 g/mol. The zero-order valence-corrected chi connectivity index (χ0v) is 13.7. The second-order valence-corrected chi connectivity index (χ2v) is 6.17. The van der Waals surface area contributed by atoms with E-state index < -0.39 is 5.60 Å². The van der Waals surface area contributed by atoms with Crippen molar-refractivity contribution in [3.05, 3.63) is 28.5 Å². The lowest BCUT2D eigenvalue weighted by Crippen LogP contribution is -2.38. The Labute approximate surface area is 123 Å². The van der Waals surface area contributed by atoms with E-state index in [2.05, 4.69) is 20.9 Å². The molecular formula is C14H21BrN2O2. The second kappa shape index (κ2) is 6.37. The topological polar surface area (TPSA) is 42.4 Å². The Balaban J connectivity index is 2.88. The summed E-state index contributed by atoms with van der Waals surface area (Å²) in [5.41, 5.74) is 0.540. The number of halogens is 1. The normalized spacial score (nSPS) is 12.9. The second-order valence-electron chi connectivity index (χ2n) is 5.35. The number of carbonyl (C=O) groups excluding carboxylic acids is 1. The minimum atomic E-state index is -0.483. The van der Waals surface area contributed by atoms with Crippen LogP contribution in [0.2, 0.25) is 0 Å². The Morgan fingerprint density at radius 2 is 2.16 bits per heavy atom. The summed E-state index contributed by atoms with van der Waals surface area (Å²) in [5.74, 6) is 0. The summed E-state index contributed by atoms with van der Waals surface area (Å²) >= 11 is 3.34. The molecule has 5 heteroatoms. The number of rotatable bonds is 3. The van der Waals surface area contributed by atoms with Crippen LogP contribution in [0.1, 0.15) is 46.2 Å². The van der Waals surface area contributed by atoms with Gasteiger partial charge < -0.3 is 9.64 Å². The molecule has 1 heterocycles. The number of amides is 1. The van der Waals surface area contributed by atoms with Crippen LogP contribution >= 0.6 is 15.9 Å². The third kappa shape index (κ3) is 4.82. The zero-order chi connectivity index (χ0) is 14.6. The van der Waals surface area contributed by atoms with Crippen LogP contribution in [0.5, 0.6) is 0 Å². The van der Waals surface area contributed by atoms with E-state index in [1.54, 1.807) is 11.1 Å². The summed E-state index contributed by atoms with van der Waals surface area (Å²) in [7, 11) is 0. The van der Waals surface area contributed by atoms with E-state index in [-0.39, 0.29) is 12.1 Å². The zero-order valence-electron chi connectivity index (χ0n) is 12.1. The smallest absolute Gasteiger partial charge is 0.410 e. The lowest BCUT2D eigenvalue weighted by Gasteiger charge is -2.31. The lowest BCUT2D eigenvalue weighted by atomic mass is 10.1. The van der Waals surface area contributed by atoms with Crippen molar-refractivity contribution in [3.8, 4) is 0 Å². The van der Waals surface area contributed by atoms with Crippen LogP contribution in [0, 0.1) is 0 Å². The van der Waals surface area contributed by atoms with Crippen molar-refractivity contribution in [1.29, 1.82) is 0 Å². The van der Waals surface area contributed by atoms with Gasteiger partial charge in [0, 0.05) is 12.7 Å². The molecule has 0 bridgehead atoms. The van der Waals surface area contributed by atoms with Crippen molar-refractivity contribution in [2.75, 3.05) is 6.54 Å². The Hall–Kier alpha value is -1.10. The highest BCUT2D eigenvalue weighted by atomic mass is 79.9. The fraction of sp³-hybridized carbons (Fsp3) is 0.571. The summed E-state index contributed by atoms with van der Waals surface area (Å²) in [6.45, 7) is 10.1. The highest BCUT2D eigenvalue weighted by Crippen LogP contribution is 2.23. The summed E-state index contributed by atoms with van der Waals surface area (Å²) in [5, 5.41) is 0. The molecule has 0 aromatic carbocycles. The molecule has 19 heavy (non-hydrogen) atoms. The van der Waals surface area contributed by atoms with Gasteiger partial charge in [0.25, 0.3) is 0 Å². The molecule has 0 spiro atoms. The van der Waals surface area contributed by atoms with Gasteiger partial charge in [-0.1, -0.05) is 0 Å². The summed E-state index contributed by atoms with van der Waals surface area (Å²) < 4.78 is 6.18. The van der Waals surface area contributed by atoms with Gasteiger partial charge in [-0.05, 0) is 68.2 Å². The van der Waals surface area contributed by atoms with E-state index in [0.29, 0.717) is 6.54 Å². The number of hydrogen-bond donors (Lipinski definition) is 0. The Morgan fingerprint density at radius 1 is 1.53 bits per heavy atom. The van der Waals surface area contributed by atoms with Gasteiger partial charge in [-0.25, -0.2) is 9.78 Å². The standard InChI is InChI=1S/C14H21BrN2O2/c1-6-17(13(18)19-14(3,4)5)10(2)11-7-8-16-12(15)9-11/h7-10H,6H2,1-5H3. The van der Waals surface area contributed by atoms with Crippen LogP contribution in [-0.2, 0) is 4.74 Å². The Bertz CT molecular complexity index is 443. The molecule has 106 valence electrons. The number of hydrogen-bond acceptors (Lipinski definition) is 3. The molecule has 0 saturated heterocycles. The molecule has 1 aromatic heterocycles. The van der Waals surface area contributed by atoms with Gasteiger partial charge >= 0.3 is 6.09 Å². The number of aromatic nitrogens is 1. The molecule has 1 aromatic rings. The first-order valence-electron chi connectivity index (χ1n) is 6.35. The first-order valence-corrected chi connectivity index (χ1v) is 7.15. The van der Waals surface area contributed by atoms with Crippen molar-refractivity contribution < 1.29 is 9.53 Å². The molecule has 0 N–H and O–H groups in total. The molecule has 0 fully saturated rings. The summed E-state index contributed by atoms with van der Waals surface area (Å²) in [6.07, 6.45) is 1.43. The number of pyridine rings is 1. The quantitative estimate of drug-likeness (QED) is 0.782. The third-order valence-corrected chi connectivity index (χ3v) is 3.10. The SMILES string of the molecule is CCN(C(=O)OC(C)(C)C)C(C)c1ccnc(Br)c1. The molecule has 0 aliphatic carbocycles. The lowest BCUT2D eigenvalue weighted by molar-refractivity contribution is 0.0186. The molecule has 1 rings (SSSR count). The summed E-state index contributed by atoms with van der Waals surface area (Å²) in [6, 6.07) is 3.76. The maximum absolute atomic E-state index is 12.2. The predicted octanol–water partition coefficient (Wildman–Crippen LogP) is 4.16. The highest BCUT2D eigenvalue weighted by Gasteiger charge is 2.25. The molecule has 1 atom stereocenters. The molecule has 0 saturated carbocycles. The van der Waals surface area contributed by atoms with Crippen molar-refractivity contribution >= 4 is 22.0 Å². The van der Waals surface area contributed by atoms with Crippen LogP contribution in [0.4, 0.5) is 4.79 Å². The van der Waals surface area contributed by atoms with Crippen LogP contribution < -0.4 is 0 Å². The molecule has 0 radical (unpaired) electrons. The minimum absolute atomic E-state index is 0.0563. The largest absolute Gasteiger partial charge is 0.444 e. The predicted molar refractivity (Wildman–Crippen MR) is 79.0 cm³/mol. The fourth-order valence-corrected chi connectivity index (χ4v) is 2.12. The van der Waals surface area contributed by atoms with Crippen LogP contribution in [0.3, 0.4) is 0 Å². The van der Waals surface area contributed by atoms with Gasteiger partial charge in [-0.15, -0.1) is 0 Å².